The molecule has 17 heavy (non-hydrogen) atoms. The van der Waals surface area contributed by atoms with E-state index in [0.717, 1.165) is 36.5 Å². The zero-order chi connectivity index (χ0) is 11.8. The van der Waals surface area contributed by atoms with Gasteiger partial charge in [-0.2, -0.15) is 0 Å². The van der Waals surface area contributed by atoms with Gasteiger partial charge in [0, 0.05) is 30.8 Å². The molecule has 1 aliphatic heterocycles. The second kappa shape index (κ2) is 4.09. The molecule has 1 saturated heterocycles. The molecule has 1 aliphatic rings. The monoisotopic (exact) mass is 231 g/mol. The van der Waals surface area contributed by atoms with Gasteiger partial charge in [0.15, 0.2) is 5.65 Å². The highest BCUT2D eigenvalue weighted by molar-refractivity contribution is 5.47. The van der Waals surface area contributed by atoms with Crippen molar-refractivity contribution in [3.8, 4) is 0 Å². The Kier molecular flexibility index (Phi) is 2.57. The third-order valence-corrected chi connectivity index (χ3v) is 3.52. The molecular formula is C12H17N5. The molecule has 1 fully saturated rings. The molecule has 0 radical (unpaired) electrons. The number of fused-ring (bicyclic) bond motifs is 1. The molecule has 2 N–H and O–H groups in total. The summed E-state index contributed by atoms with van der Waals surface area (Å²) in [6, 6.07) is 4.02. The molecule has 0 bridgehead atoms. The van der Waals surface area contributed by atoms with Crippen LogP contribution in [0.15, 0.2) is 18.3 Å². The number of likely N-dealkylation sites (tertiary alicyclic amines) is 1. The number of pyridine rings is 1. The Labute approximate surface area is 100 Å². The maximum atomic E-state index is 5.71. The molecule has 2 aromatic rings. The van der Waals surface area contributed by atoms with E-state index in [4.69, 9.17) is 5.73 Å². The highest BCUT2D eigenvalue weighted by Crippen LogP contribution is 2.25. The summed E-state index contributed by atoms with van der Waals surface area (Å²) in [6.45, 7) is 2.71. The molecule has 90 valence electrons. The van der Waals surface area contributed by atoms with E-state index in [1.807, 2.05) is 18.3 Å². The van der Waals surface area contributed by atoms with Gasteiger partial charge >= 0.3 is 0 Å². The van der Waals surface area contributed by atoms with E-state index in [2.05, 4.69) is 26.5 Å². The van der Waals surface area contributed by atoms with Crippen LogP contribution in [-0.4, -0.2) is 39.6 Å². The van der Waals surface area contributed by atoms with Crippen molar-refractivity contribution in [3.63, 3.8) is 0 Å². The predicted octanol–water partition coefficient (Wildman–Crippen LogP) is 0.607. The van der Waals surface area contributed by atoms with E-state index < -0.39 is 0 Å². The molecular weight excluding hydrogens is 214 g/mol. The summed E-state index contributed by atoms with van der Waals surface area (Å²) in [5, 5.41) is 8.62. The van der Waals surface area contributed by atoms with Crippen LogP contribution in [0.25, 0.3) is 5.65 Å². The molecule has 0 saturated carbocycles. The van der Waals surface area contributed by atoms with Gasteiger partial charge in [-0.05, 0) is 26.1 Å². The van der Waals surface area contributed by atoms with Crippen LogP contribution in [0.3, 0.4) is 0 Å². The van der Waals surface area contributed by atoms with Gasteiger partial charge in [0.05, 0.1) is 0 Å². The molecule has 0 aliphatic carbocycles. The molecule has 1 unspecified atom stereocenters. The minimum atomic E-state index is 0.489. The summed E-state index contributed by atoms with van der Waals surface area (Å²) in [5.41, 5.74) is 7.67. The van der Waals surface area contributed by atoms with Crippen LogP contribution in [0.4, 0.5) is 0 Å². The molecule has 0 spiro atoms. The van der Waals surface area contributed by atoms with Gasteiger partial charge in [-0.15, -0.1) is 10.2 Å². The first-order valence-electron chi connectivity index (χ1n) is 6.00. The van der Waals surface area contributed by atoms with Crippen molar-refractivity contribution in [2.24, 2.45) is 5.73 Å². The lowest BCUT2D eigenvalue weighted by molar-refractivity contribution is 0.409. The van der Waals surface area contributed by atoms with Gasteiger partial charge in [-0.25, -0.2) is 0 Å². The third-order valence-electron chi connectivity index (χ3n) is 3.52. The Morgan fingerprint density at radius 3 is 3.06 bits per heavy atom. The minimum absolute atomic E-state index is 0.489. The van der Waals surface area contributed by atoms with Crippen molar-refractivity contribution in [2.75, 3.05) is 20.1 Å². The predicted molar refractivity (Wildman–Crippen MR) is 65.7 cm³/mol. The first-order chi connectivity index (χ1) is 8.29. The van der Waals surface area contributed by atoms with E-state index in [9.17, 15) is 0 Å². The molecule has 3 heterocycles. The largest absolute Gasteiger partial charge is 0.326 e. The second-order valence-electron chi connectivity index (χ2n) is 4.74. The lowest BCUT2D eigenvalue weighted by Crippen LogP contribution is -2.14. The maximum Gasteiger partial charge on any atom is 0.165 e. The van der Waals surface area contributed by atoms with Crippen LogP contribution >= 0.6 is 0 Å². The van der Waals surface area contributed by atoms with Crippen LogP contribution in [-0.2, 0) is 6.54 Å². The van der Waals surface area contributed by atoms with Crippen molar-refractivity contribution < 1.29 is 0 Å². The first-order valence-corrected chi connectivity index (χ1v) is 6.00. The summed E-state index contributed by atoms with van der Waals surface area (Å²) in [7, 11) is 2.15. The van der Waals surface area contributed by atoms with Crippen molar-refractivity contribution >= 4 is 5.65 Å². The fourth-order valence-corrected chi connectivity index (χ4v) is 2.57. The van der Waals surface area contributed by atoms with E-state index in [-0.39, 0.29) is 0 Å². The van der Waals surface area contributed by atoms with Crippen molar-refractivity contribution in [2.45, 2.75) is 18.9 Å². The number of nitrogens with two attached hydrogens (primary N) is 1. The lowest BCUT2D eigenvalue weighted by Gasteiger charge is -2.09. The Bertz CT molecular complexity index is 533. The lowest BCUT2D eigenvalue weighted by atomic mass is 10.1. The Hall–Kier alpha value is -1.46. The van der Waals surface area contributed by atoms with Crippen molar-refractivity contribution in [1.82, 2.24) is 19.5 Å². The van der Waals surface area contributed by atoms with Gasteiger partial charge in [-0.3, -0.25) is 4.40 Å². The van der Waals surface area contributed by atoms with Crippen LogP contribution < -0.4 is 5.73 Å². The molecule has 3 rings (SSSR count). The van der Waals surface area contributed by atoms with E-state index in [1.54, 1.807) is 0 Å². The molecule has 5 nitrogen and oxygen atoms in total. The number of hydrogen-bond donors (Lipinski definition) is 1. The van der Waals surface area contributed by atoms with Gasteiger partial charge in [0.1, 0.15) is 5.82 Å². The normalized spacial score (nSPS) is 21.4. The van der Waals surface area contributed by atoms with Crippen molar-refractivity contribution in [3.05, 3.63) is 29.7 Å². The highest BCUT2D eigenvalue weighted by Gasteiger charge is 2.25. The zero-order valence-corrected chi connectivity index (χ0v) is 10.0. The first kappa shape index (κ1) is 10.7. The molecule has 2 aromatic heterocycles. The minimum Gasteiger partial charge on any atom is -0.326 e. The van der Waals surface area contributed by atoms with E-state index in [1.165, 1.54) is 0 Å². The second-order valence-corrected chi connectivity index (χ2v) is 4.74. The number of aromatic nitrogens is 3. The molecule has 5 heteroatoms. The molecule has 0 aromatic carbocycles. The molecule has 0 amide bonds. The smallest absolute Gasteiger partial charge is 0.165 e. The quantitative estimate of drug-likeness (QED) is 0.822. The van der Waals surface area contributed by atoms with E-state index >= 15 is 0 Å². The average Bonchev–Trinajstić information content (AvgIpc) is 2.94. The van der Waals surface area contributed by atoms with Crippen molar-refractivity contribution in [1.29, 1.82) is 0 Å². The van der Waals surface area contributed by atoms with E-state index in [0.29, 0.717) is 12.5 Å². The topological polar surface area (TPSA) is 59.5 Å². The number of nitrogens with zero attached hydrogens (tertiary/aromatic N) is 4. The fraction of sp³-hybridized carbons (Fsp3) is 0.500. The SMILES string of the molecule is CN1CCC(c2nnc3c(CN)cccn23)C1. The highest BCUT2D eigenvalue weighted by atomic mass is 15.3. The third kappa shape index (κ3) is 1.71. The van der Waals surface area contributed by atoms with Gasteiger partial charge in [-0.1, -0.05) is 6.07 Å². The van der Waals surface area contributed by atoms with Crippen LogP contribution in [0, 0.1) is 0 Å². The standard InChI is InChI=1S/C12H17N5/c1-16-6-4-10(8-16)12-15-14-11-9(7-13)3-2-5-17(11)12/h2-3,5,10H,4,6-8,13H2,1H3. The van der Waals surface area contributed by atoms with Gasteiger partial charge in [0.2, 0.25) is 0 Å². The summed E-state index contributed by atoms with van der Waals surface area (Å²) in [4.78, 5) is 2.33. The van der Waals surface area contributed by atoms with Gasteiger partial charge < -0.3 is 10.6 Å². The Balaban J connectivity index is 2.06. The summed E-state index contributed by atoms with van der Waals surface area (Å²) in [6.07, 6.45) is 3.19. The average molecular weight is 231 g/mol. The molecule has 1 atom stereocenters. The van der Waals surface area contributed by atoms with Crippen LogP contribution in [0.5, 0.6) is 0 Å². The number of hydrogen-bond acceptors (Lipinski definition) is 4. The summed E-state index contributed by atoms with van der Waals surface area (Å²) >= 11 is 0. The number of likely N-dealkylation sites (N-methyl/N-ethyl adjacent to an activating group) is 1. The summed E-state index contributed by atoms with van der Waals surface area (Å²) in [5.74, 6) is 1.56. The Morgan fingerprint density at radius 2 is 2.35 bits per heavy atom. The number of rotatable bonds is 2. The van der Waals surface area contributed by atoms with Crippen LogP contribution in [0.1, 0.15) is 23.7 Å². The zero-order valence-electron chi connectivity index (χ0n) is 10.0. The van der Waals surface area contributed by atoms with Crippen LogP contribution in [0.2, 0.25) is 0 Å². The van der Waals surface area contributed by atoms with Gasteiger partial charge in [0.25, 0.3) is 0 Å². The maximum absolute atomic E-state index is 5.71. The fourth-order valence-electron chi connectivity index (χ4n) is 2.57. The Morgan fingerprint density at radius 1 is 1.47 bits per heavy atom. The summed E-state index contributed by atoms with van der Waals surface area (Å²) < 4.78 is 2.09.